The van der Waals surface area contributed by atoms with Gasteiger partial charge in [-0.2, -0.15) is 0 Å². The van der Waals surface area contributed by atoms with E-state index in [1.54, 1.807) is 43.5 Å². The second-order valence-electron chi connectivity index (χ2n) is 7.56. The minimum Gasteiger partial charge on any atom is -0.497 e. The molecule has 0 radical (unpaired) electrons. The summed E-state index contributed by atoms with van der Waals surface area (Å²) in [5, 5.41) is 2.79. The van der Waals surface area contributed by atoms with Crippen molar-refractivity contribution in [1.29, 1.82) is 0 Å². The summed E-state index contributed by atoms with van der Waals surface area (Å²) in [6, 6.07) is 19.8. The first-order valence-corrected chi connectivity index (χ1v) is 11.6. The lowest BCUT2D eigenvalue weighted by Gasteiger charge is -2.34. The summed E-state index contributed by atoms with van der Waals surface area (Å²) in [7, 11) is -1.08. The van der Waals surface area contributed by atoms with Crippen LogP contribution in [0.2, 0.25) is 0 Å². The van der Waals surface area contributed by atoms with E-state index < -0.39 is 22.0 Å². The van der Waals surface area contributed by atoms with Crippen LogP contribution in [0.5, 0.6) is 5.75 Å². The monoisotopic (exact) mass is 465 g/mol. The predicted octanol–water partition coefficient (Wildman–Crippen LogP) is 3.39. The van der Waals surface area contributed by atoms with Gasteiger partial charge in [0.1, 0.15) is 10.6 Å². The number of anilines is 1. The SMILES string of the molecule is COc1cccc(CNC(=O)c2ccc3c(c2)S(=O)(=O)N(Cc2ccccc2)C(=O)N3C)c1. The average Bonchev–Trinajstić information content (AvgIpc) is 2.84. The maximum absolute atomic E-state index is 13.3. The number of carbonyl (C=O) groups excluding carboxylic acids is 2. The van der Waals surface area contributed by atoms with Crippen LogP contribution in [0.1, 0.15) is 21.5 Å². The number of benzene rings is 3. The summed E-state index contributed by atoms with van der Waals surface area (Å²) in [6.07, 6.45) is 0. The Bertz CT molecular complexity index is 1310. The van der Waals surface area contributed by atoms with E-state index in [-0.39, 0.29) is 29.2 Å². The van der Waals surface area contributed by atoms with Gasteiger partial charge in [0.05, 0.1) is 19.3 Å². The summed E-state index contributed by atoms with van der Waals surface area (Å²) < 4.78 is 32.7. The van der Waals surface area contributed by atoms with Crippen LogP contribution in [0.25, 0.3) is 0 Å². The van der Waals surface area contributed by atoms with Crippen LogP contribution >= 0.6 is 0 Å². The van der Waals surface area contributed by atoms with Crippen molar-refractivity contribution in [3.05, 3.63) is 89.5 Å². The molecule has 4 rings (SSSR count). The van der Waals surface area contributed by atoms with Crippen molar-refractivity contribution in [3.8, 4) is 5.75 Å². The van der Waals surface area contributed by atoms with Gasteiger partial charge in [0, 0.05) is 19.2 Å². The van der Waals surface area contributed by atoms with Gasteiger partial charge in [-0.3, -0.25) is 9.69 Å². The van der Waals surface area contributed by atoms with Crippen molar-refractivity contribution in [2.75, 3.05) is 19.1 Å². The Labute approximate surface area is 192 Å². The summed E-state index contributed by atoms with van der Waals surface area (Å²) in [5.41, 5.74) is 1.93. The average molecular weight is 466 g/mol. The van der Waals surface area contributed by atoms with E-state index in [1.807, 2.05) is 18.2 Å². The molecular formula is C24H23N3O5S. The van der Waals surface area contributed by atoms with E-state index in [0.29, 0.717) is 11.3 Å². The molecule has 0 spiro atoms. The van der Waals surface area contributed by atoms with Gasteiger partial charge < -0.3 is 10.1 Å². The molecule has 3 aromatic carbocycles. The second-order valence-corrected chi connectivity index (χ2v) is 9.39. The Morgan fingerprint density at radius 1 is 0.970 bits per heavy atom. The molecule has 0 unspecified atom stereocenters. The maximum Gasteiger partial charge on any atom is 0.338 e. The fourth-order valence-corrected chi connectivity index (χ4v) is 5.23. The predicted molar refractivity (Wildman–Crippen MR) is 124 cm³/mol. The van der Waals surface area contributed by atoms with Gasteiger partial charge in [-0.1, -0.05) is 42.5 Å². The summed E-state index contributed by atoms with van der Waals surface area (Å²) in [4.78, 5) is 26.8. The molecule has 0 aromatic heterocycles. The minimum absolute atomic E-state index is 0.0884. The highest BCUT2D eigenvalue weighted by atomic mass is 32.2. The molecule has 0 saturated heterocycles. The molecule has 1 heterocycles. The Morgan fingerprint density at radius 3 is 2.42 bits per heavy atom. The number of methoxy groups -OCH3 is 1. The number of sulfonamides is 1. The topological polar surface area (TPSA) is 96.0 Å². The zero-order valence-electron chi connectivity index (χ0n) is 18.2. The van der Waals surface area contributed by atoms with E-state index in [1.165, 1.54) is 30.1 Å². The van der Waals surface area contributed by atoms with Gasteiger partial charge in [0.2, 0.25) is 0 Å². The summed E-state index contributed by atoms with van der Waals surface area (Å²) >= 11 is 0. The lowest BCUT2D eigenvalue weighted by molar-refractivity contribution is 0.0950. The van der Waals surface area contributed by atoms with Gasteiger partial charge in [-0.15, -0.1) is 0 Å². The fourth-order valence-electron chi connectivity index (χ4n) is 3.60. The van der Waals surface area contributed by atoms with E-state index >= 15 is 0 Å². The molecular weight excluding hydrogens is 442 g/mol. The number of fused-ring (bicyclic) bond motifs is 1. The number of rotatable bonds is 6. The minimum atomic E-state index is -4.15. The number of amides is 3. The molecule has 0 saturated carbocycles. The Morgan fingerprint density at radius 2 is 1.70 bits per heavy atom. The molecule has 33 heavy (non-hydrogen) atoms. The molecule has 0 atom stereocenters. The maximum atomic E-state index is 13.3. The molecule has 3 aromatic rings. The number of nitrogens with one attached hydrogen (secondary N) is 1. The van der Waals surface area contributed by atoms with Crippen LogP contribution in [0.4, 0.5) is 10.5 Å². The third-order valence-electron chi connectivity index (χ3n) is 5.41. The summed E-state index contributed by atoms with van der Waals surface area (Å²) in [6.45, 7) is 0.149. The number of ether oxygens (including phenoxy) is 1. The number of hydrogen-bond acceptors (Lipinski definition) is 5. The van der Waals surface area contributed by atoms with Crippen LogP contribution in [0.15, 0.2) is 77.7 Å². The fraction of sp³-hybridized carbons (Fsp3) is 0.167. The largest absolute Gasteiger partial charge is 0.497 e. The molecule has 8 nitrogen and oxygen atoms in total. The smallest absolute Gasteiger partial charge is 0.338 e. The van der Waals surface area contributed by atoms with Crippen LogP contribution < -0.4 is 15.0 Å². The molecule has 0 bridgehead atoms. The standard InChI is InChI=1S/C24H23N3O5S/c1-26-21-12-11-19(23(28)25-15-18-9-6-10-20(13-18)32-2)14-22(21)33(30,31)27(24(26)29)16-17-7-4-3-5-8-17/h3-14H,15-16H2,1-2H3,(H,25,28). The highest BCUT2D eigenvalue weighted by Gasteiger charge is 2.40. The third-order valence-corrected chi connectivity index (χ3v) is 7.16. The van der Waals surface area contributed by atoms with Crippen molar-refractivity contribution in [2.45, 2.75) is 18.0 Å². The van der Waals surface area contributed by atoms with Crippen LogP contribution in [-0.4, -0.2) is 38.8 Å². The molecule has 0 fully saturated rings. The van der Waals surface area contributed by atoms with E-state index in [4.69, 9.17) is 4.74 Å². The Hall–Kier alpha value is -3.85. The van der Waals surface area contributed by atoms with E-state index in [0.717, 1.165) is 9.87 Å². The number of hydrogen-bond donors (Lipinski definition) is 1. The van der Waals surface area contributed by atoms with Crippen molar-refractivity contribution in [1.82, 2.24) is 9.62 Å². The molecule has 0 aliphatic carbocycles. The summed E-state index contributed by atoms with van der Waals surface area (Å²) in [5.74, 6) is 0.248. The van der Waals surface area contributed by atoms with Gasteiger partial charge in [-0.25, -0.2) is 17.5 Å². The van der Waals surface area contributed by atoms with Gasteiger partial charge in [-0.05, 0) is 41.5 Å². The molecule has 1 N–H and O–H groups in total. The molecule has 1 aliphatic heterocycles. The Kier molecular flexibility index (Phi) is 6.06. The highest BCUT2D eigenvalue weighted by molar-refractivity contribution is 7.90. The number of nitrogens with zero attached hydrogens (tertiary/aromatic N) is 2. The molecule has 1 aliphatic rings. The second kappa shape index (κ2) is 8.95. The lowest BCUT2D eigenvalue weighted by Crippen LogP contribution is -2.48. The van der Waals surface area contributed by atoms with Crippen LogP contribution in [0.3, 0.4) is 0 Å². The quantitative estimate of drug-likeness (QED) is 0.602. The number of urea groups is 1. The first kappa shape index (κ1) is 22.3. The van der Waals surface area contributed by atoms with Crippen molar-refractivity contribution >= 4 is 27.6 Å². The Balaban J connectivity index is 1.60. The first-order valence-electron chi connectivity index (χ1n) is 10.2. The highest BCUT2D eigenvalue weighted by Crippen LogP contribution is 2.35. The van der Waals surface area contributed by atoms with Crippen molar-refractivity contribution in [3.63, 3.8) is 0 Å². The lowest BCUT2D eigenvalue weighted by atomic mass is 10.1. The van der Waals surface area contributed by atoms with Crippen molar-refractivity contribution < 1.29 is 22.7 Å². The van der Waals surface area contributed by atoms with Crippen molar-refractivity contribution in [2.24, 2.45) is 0 Å². The van der Waals surface area contributed by atoms with Crippen LogP contribution in [0, 0.1) is 0 Å². The molecule has 170 valence electrons. The zero-order valence-corrected chi connectivity index (χ0v) is 19.0. The van der Waals surface area contributed by atoms with Gasteiger partial charge >= 0.3 is 6.03 Å². The molecule has 9 heteroatoms. The van der Waals surface area contributed by atoms with E-state index in [2.05, 4.69) is 5.32 Å². The van der Waals surface area contributed by atoms with E-state index in [9.17, 15) is 18.0 Å². The van der Waals surface area contributed by atoms with Gasteiger partial charge in [0.25, 0.3) is 15.9 Å². The molecule has 3 amide bonds. The normalized spacial score (nSPS) is 14.5. The third kappa shape index (κ3) is 4.40. The van der Waals surface area contributed by atoms with Gasteiger partial charge in [0.15, 0.2) is 0 Å². The van der Waals surface area contributed by atoms with Crippen LogP contribution in [-0.2, 0) is 23.1 Å². The number of carbonyl (C=O) groups is 2. The first-order chi connectivity index (χ1) is 15.8. The zero-order chi connectivity index (χ0) is 23.6.